The summed E-state index contributed by atoms with van der Waals surface area (Å²) in [5, 5.41) is 5.51. The second-order valence-corrected chi connectivity index (χ2v) is 9.08. The maximum Gasteiger partial charge on any atom is 0.308 e. The van der Waals surface area contributed by atoms with Gasteiger partial charge in [0.05, 0.1) is 18.6 Å². The fraction of sp³-hybridized carbons (Fsp3) is 0.241. The average Bonchev–Trinajstić information content (AvgIpc) is 2.94. The number of esters is 1. The molecule has 0 saturated carbocycles. The van der Waals surface area contributed by atoms with Crippen LogP contribution in [0.4, 0.5) is 0 Å². The van der Waals surface area contributed by atoms with Crippen molar-refractivity contribution in [3.63, 3.8) is 0 Å². The van der Waals surface area contributed by atoms with Crippen molar-refractivity contribution < 1.29 is 23.9 Å². The van der Waals surface area contributed by atoms with Gasteiger partial charge in [-0.1, -0.05) is 72.8 Å². The first-order valence-corrected chi connectivity index (χ1v) is 12.8. The van der Waals surface area contributed by atoms with E-state index in [4.69, 9.17) is 21.7 Å². The highest BCUT2D eigenvalue weighted by Gasteiger charge is 2.34. The summed E-state index contributed by atoms with van der Waals surface area (Å²) in [6, 6.07) is 25.2. The minimum absolute atomic E-state index is 0.0600. The first-order valence-electron chi connectivity index (χ1n) is 12.4. The van der Waals surface area contributed by atoms with E-state index in [1.165, 1.54) is 0 Å². The van der Waals surface area contributed by atoms with Gasteiger partial charge in [0.25, 0.3) is 5.91 Å². The van der Waals surface area contributed by atoms with E-state index in [1.54, 1.807) is 29.2 Å². The summed E-state index contributed by atoms with van der Waals surface area (Å²) in [5.74, 6) is -0.913. The van der Waals surface area contributed by atoms with Gasteiger partial charge in [0, 0.05) is 19.5 Å². The van der Waals surface area contributed by atoms with Crippen LogP contribution in [-0.2, 0) is 27.4 Å². The molecule has 1 aliphatic rings. The number of hydrogen-bond acceptors (Lipinski definition) is 6. The number of carbonyl (C=O) groups excluding carboxylic acids is 3. The highest BCUT2D eigenvalue weighted by molar-refractivity contribution is 7.80. The lowest BCUT2D eigenvalue weighted by Crippen LogP contribution is -2.60. The Kier molecular flexibility index (Phi) is 9.42. The van der Waals surface area contributed by atoms with Crippen molar-refractivity contribution in [3.05, 3.63) is 102 Å². The molecule has 1 saturated heterocycles. The maximum atomic E-state index is 13.1. The highest BCUT2D eigenvalue weighted by Crippen LogP contribution is 2.19. The monoisotopic (exact) mass is 531 g/mol. The number of nitrogens with one attached hydrogen (secondary N) is 2. The molecule has 0 radical (unpaired) electrons. The van der Waals surface area contributed by atoms with Crippen molar-refractivity contribution >= 4 is 35.1 Å². The van der Waals surface area contributed by atoms with Crippen LogP contribution in [0.2, 0.25) is 0 Å². The largest absolute Gasteiger partial charge is 0.492 e. The van der Waals surface area contributed by atoms with Crippen molar-refractivity contribution in [1.29, 1.82) is 0 Å². The third-order valence-corrected chi connectivity index (χ3v) is 6.37. The topological polar surface area (TPSA) is 97.0 Å². The molecule has 0 aromatic heterocycles. The summed E-state index contributed by atoms with van der Waals surface area (Å²) in [4.78, 5) is 39.8. The minimum Gasteiger partial charge on any atom is -0.492 e. The van der Waals surface area contributed by atoms with Gasteiger partial charge in [0.1, 0.15) is 18.4 Å². The van der Waals surface area contributed by atoms with Crippen LogP contribution in [0.15, 0.2) is 84.9 Å². The number of rotatable bonds is 9. The molecule has 9 heteroatoms. The summed E-state index contributed by atoms with van der Waals surface area (Å²) in [7, 11) is 0. The van der Waals surface area contributed by atoms with E-state index in [0.717, 1.165) is 11.1 Å². The van der Waals surface area contributed by atoms with E-state index in [1.807, 2.05) is 60.7 Å². The third kappa shape index (κ3) is 7.39. The van der Waals surface area contributed by atoms with Crippen molar-refractivity contribution in [2.75, 3.05) is 19.7 Å². The van der Waals surface area contributed by atoms with Gasteiger partial charge < -0.3 is 19.7 Å². The van der Waals surface area contributed by atoms with Crippen LogP contribution < -0.4 is 15.4 Å². The number of piperazine rings is 1. The fourth-order valence-electron chi connectivity index (χ4n) is 4.06. The Balaban J connectivity index is 1.35. The summed E-state index contributed by atoms with van der Waals surface area (Å²) in [5.41, 5.74) is 2.30. The Morgan fingerprint density at radius 2 is 1.61 bits per heavy atom. The van der Waals surface area contributed by atoms with E-state index >= 15 is 0 Å². The molecule has 38 heavy (non-hydrogen) atoms. The molecule has 0 bridgehead atoms. The lowest BCUT2D eigenvalue weighted by Gasteiger charge is -2.36. The van der Waals surface area contributed by atoms with Crippen molar-refractivity contribution in [3.8, 4) is 5.75 Å². The van der Waals surface area contributed by atoms with Crippen molar-refractivity contribution in [2.24, 2.45) is 0 Å². The van der Waals surface area contributed by atoms with E-state index in [9.17, 15) is 14.4 Å². The first kappa shape index (κ1) is 26.8. The van der Waals surface area contributed by atoms with Crippen LogP contribution in [0, 0.1) is 0 Å². The Morgan fingerprint density at radius 1 is 0.947 bits per heavy atom. The fourth-order valence-corrected chi connectivity index (χ4v) is 4.37. The summed E-state index contributed by atoms with van der Waals surface area (Å²) >= 11 is 5.49. The van der Waals surface area contributed by atoms with Crippen LogP contribution in [0.1, 0.15) is 27.9 Å². The van der Waals surface area contributed by atoms with Crippen LogP contribution in [0.25, 0.3) is 0 Å². The van der Waals surface area contributed by atoms with Gasteiger partial charge >= 0.3 is 5.97 Å². The van der Waals surface area contributed by atoms with Gasteiger partial charge in [0.15, 0.2) is 5.11 Å². The smallest absolute Gasteiger partial charge is 0.308 e. The van der Waals surface area contributed by atoms with Crippen molar-refractivity contribution in [1.82, 2.24) is 15.5 Å². The molecule has 196 valence electrons. The number of carbonyl (C=O) groups is 3. The van der Waals surface area contributed by atoms with Gasteiger partial charge in [-0.2, -0.15) is 0 Å². The Hall–Kier alpha value is -4.24. The lowest BCUT2D eigenvalue weighted by molar-refractivity contribution is -0.148. The standard InChI is InChI=1S/C29H29N3O5S/c33-26(37-20-22-11-5-2-6-12-22)19-24-28(35)30-16-17-32(24)29(38)31-27(34)23-13-7-8-14-25(23)36-18-15-21-9-3-1-4-10-21/h1-14,24H,15-20H2,(H,30,35)(H,31,34,38). The van der Waals surface area contributed by atoms with E-state index < -0.39 is 17.9 Å². The molecule has 3 aromatic carbocycles. The Bertz CT molecular complexity index is 1270. The van der Waals surface area contributed by atoms with Gasteiger partial charge in [-0.15, -0.1) is 0 Å². The molecule has 3 aromatic rings. The molecule has 0 spiro atoms. The van der Waals surface area contributed by atoms with E-state index in [2.05, 4.69) is 10.6 Å². The maximum absolute atomic E-state index is 13.1. The lowest BCUT2D eigenvalue weighted by atomic mass is 10.1. The molecule has 1 heterocycles. The van der Waals surface area contributed by atoms with Crippen LogP contribution in [0.5, 0.6) is 5.75 Å². The summed E-state index contributed by atoms with van der Waals surface area (Å²) < 4.78 is 11.3. The zero-order valence-corrected chi connectivity index (χ0v) is 21.6. The molecule has 1 unspecified atom stereocenters. The minimum atomic E-state index is -0.891. The van der Waals surface area contributed by atoms with Crippen LogP contribution in [-0.4, -0.2) is 53.5 Å². The number of hydrogen-bond donors (Lipinski definition) is 2. The molecule has 8 nitrogen and oxygen atoms in total. The molecule has 0 aliphatic carbocycles. The molecule has 1 fully saturated rings. The predicted molar refractivity (Wildman–Crippen MR) is 147 cm³/mol. The van der Waals surface area contributed by atoms with Crippen LogP contribution in [0.3, 0.4) is 0 Å². The highest BCUT2D eigenvalue weighted by atomic mass is 32.1. The zero-order valence-electron chi connectivity index (χ0n) is 20.8. The van der Waals surface area contributed by atoms with E-state index in [-0.39, 0.29) is 24.0 Å². The molecule has 1 aliphatic heterocycles. The molecule has 1 atom stereocenters. The molecule has 4 rings (SSSR count). The second-order valence-electron chi connectivity index (χ2n) is 8.69. The Labute approximate surface area is 226 Å². The van der Waals surface area contributed by atoms with E-state index in [0.29, 0.717) is 37.4 Å². The van der Waals surface area contributed by atoms with Gasteiger partial charge in [0.2, 0.25) is 5.91 Å². The first-order chi connectivity index (χ1) is 18.5. The molecular formula is C29H29N3O5S. The quantitative estimate of drug-likeness (QED) is 0.323. The summed E-state index contributed by atoms with van der Waals surface area (Å²) in [6.07, 6.45) is 0.494. The second kappa shape index (κ2) is 13.3. The summed E-state index contributed by atoms with van der Waals surface area (Å²) in [6.45, 7) is 1.19. The normalized spacial score (nSPS) is 14.8. The molecular weight excluding hydrogens is 502 g/mol. The van der Waals surface area contributed by atoms with Crippen molar-refractivity contribution in [2.45, 2.75) is 25.5 Å². The predicted octanol–water partition coefficient (Wildman–Crippen LogP) is 3.26. The average molecular weight is 532 g/mol. The van der Waals surface area contributed by atoms with Gasteiger partial charge in [-0.3, -0.25) is 19.7 Å². The number of para-hydroxylation sites is 1. The molecule has 2 amide bonds. The number of benzene rings is 3. The number of ether oxygens (including phenoxy) is 2. The van der Waals surface area contributed by atoms with Gasteiger partial charge in [-0.25, -0.2) is 0 Å². The third-order valence-electron chi connectivity index (χ3n) is 6.04. The number of amides is 2. The molecule has 2 N–H and O–H groups in total. The number of nitrogens with zero attached hydrogens (tertiary/aromatic N) is 1. The van der Waals surface area contributed by atoms with Gasteiger partial charge in [-0.05, 0) is 35.5 Å². The van der Waals surface area contributed by atoms with Crippen LogP contribution >= 0.6 is 12.2 Å². The SMILES string of the molecule is O=C(CC1C(=O)NCCN1C(=S)NC(=O)c1ccccc1OCCc1ccccc1)OCc1ccccc1. The number of thiocarbonyl (C=S) groups is 1. The Morgan fingerprint density at radius 3 is 2.34 bits per heavy atom. The zero-order chi connectivity index (χ0) is 26.7.